The molecule has 4 aromatic rings. The van der Waals surface area contributed by atoms with Gasteiger partial charge in [-0.2, -0.15) is 4.31 Å². The average molecular weight is 505 g/mol. The maximum atomic E-state index is 14.1. The molecule has 0 bridgehead atoms. The van der Waals surface area contributed by atoms with Gasteiger partial charge >= 0.3 is 0 Å². The number of nitrogens with one attached hydrogen (secondary N) is 1. The summed E-state index contributed by atoms with van der Waals surface area (Å²) in [6.07, 6.45) is 0. The van der Waals surface area contributed by atoms with Crippen LogP contribution in [0.25, 0.3) is 10.9 Å². The summed E-state index contributed by atoms with van der Waals surface area (Å²) in [4.78, 5) is 16.2. The van der Waals surface area contributed by atoms with Crippen molar-refractivity contribution in [2.24, 2.45) is 0 Å². The summed E-state index contributed by atoms with van der Waals surface area (Å²) in [5.41, 5.74) is 4.90. The van der Waals surface area contributed by atoms with E-state index in [1.54, 1.807) is 32.0 Å². The van der Waals surface area contributed by atoms with E-state index in [9.17, 15) is 13.2 Å². The first-order valence-corrected chi connectivity index (χ1v) is 13.1. The second kappa shape index (κ2) is 9.11. The Morgan fingerprint density at radius 1 is 0.833 bits per heavy atom. The predicted molar refractivity (Wildman–Crippen MR) is 139 cm³/mol. The molecule has 0 saturated heterocycles. The summed E-state index contributed by atoms with van der Waals surface area (Å²) in [6.45, 7) is 7.64. The Balaban J connectivity index is 1.61. The van der Waals surface area contributed by atoms with Crippen LogP contribution < -0.4 is 15.0 Å². The minimum atomic E-state index is -3.96. The Kier molecular flexibility index (Phi) is 6.10. The van der Waals surface area contributed by atoms with E-state index in [0.717, 1.165) is 22.1 Å². The van der Waals surface area contributed by atoms with Gasteiger partial charge in [-0.1, -0.05) is 35.4 Å². The molecular weight excluding hydrogens is 476 g/mol. The zero-order chi connectivity index (χ0) is 25.6. The van der Waals surface area contributed by atoms with Crippen LogP contribution in [0.3, 0.4) is 0 Å². The summed E-state index contributed by atoms with van der Waals surface area (Å²) in [7, 11) is -3.96. The average Bonchev–Trinajstić information content (AvgIpc) is 3.26. The zero-order valence-corrected chi connectivity index (χ0v) is 21.5. The molecule has 8 heteroatoms. The monoisotopic (exact) mass is 504 g/mol. The van der Waals surface area contributed by atoms with Crippen LogP contribution in [0.4, 0.5) is 0 Å². The lowest BCUT2D eigenvalue weighted by Crippen LogP contribution is -2.33. The van der Waals surface area contributed by atoms with E-state index in [2.05, 4.69) is 4.98 Å². The third-order valence-electron chi connectivity index (χ3n) is 6.42. The van der Waals surface area contributed by atoms with Crippen LogP contribution >= 0.6 is 0 Å². The van der Waals surface area contributed by atoms with E-state index in [1.807, 2.05) is 50.2 Å². The lowest BCUT2D eigenvalue weighted by molar-refractivity contribution is 0.174. The first kappa shape index (κ1) is 24.1. The zero-order valence-electron chi connectivity index (χ0n) is 20.7. The van der Waals surface area contributed by atoms with Crippen molar-refractivity contribution in [1.82, 2.24) is 9.29 Å². The van der Waals surface area contributed by atoms with Gasteiger partial charge in [0.1, 0.15) is 0 Å². The highest BCUT2D eigenvalue weighted by atomic mass is 32.2. The summed E-state index contributed by atoms with van der Waals surface area (Å²) in [5.74, 6) is 1.20. The smallest absolute Gasteiger partial charge is 0.252 e. The van der Waals surface area contributed by atoms with E-state index in [4.69, 9.17) is 9.47 Å². The van der Waals surface area contributed by atoms with Crippen molar-refractivity contribution in [2.75, 3.05) is 6.79 Å². The Labute approximate surface area is 210 Å². The fourth-order valence-corrected chi connectivity index (χ4v) is 6.67. The fraction of sp³-hybridized carbons (Fsp3) is 0.250. The van der Waals surface area contributed by atoms with E-state index in [0.29, 0.717) is 33.7 Å². The van der Waals surface area contributed by atoms with E-state index in [1.165, 1.54) is 4.31 Å². The molecule has 36 heavy (non-hydrogen) atoms. The molecule has 0 saturated carbocycles. The maximum absolute atomic E-state index is 14.1. The number of aromatic nitrogens is 1. The van der Waals surface area contributed by atoms with Crippen molar-refractivity contribution in [3.63, 3.8) is 0 Å². The van der Waals surface area contributed by atoms with Gasteiger partial charge in [0.05, 0.1) is 4.90 Å². The van der Waals surface area contributed by atoms with Crippen molar-refractivity contribution >= 4 is 20.9 Å². The highest BCUT2D eigenvalue weighted by molar-refractivity contribution is 7.89. The second-order valence-corrected chi connectivity index (χ2v) is 11.3. The van der Waals surface area contributed by atoms with Crippen molar-refractivity contribution in [1.29, 1.82) is 0 Å². The number of sulfonamides is 1. The van der Waals surface area contributed by atoms with Gasteiger partial charge in [0.25, 0.3) is 5.56 Å². The highest BCUT2D eigenvalue weighted by Gasteiger charge is 2.30. The molecule has 1 aliphatic rings. The molecule has 7 nitrogen and oxygen atoms in total. The molecule has 0 amide bonds. The predicted octanol–water partition coefficient (Wildman–Crippen LogP) is 4.88. The quantitative estimate of drug-likeness (QED) is 0.404. The van der Waals surface area contributed by atoms with Crippen LogP contribution in [0.1, 0.15) is 33.4 Å². The van der Waals surface area contributed by atoms with Crippen LogP contribution in [-0.2, 0) is 23.1 Å². The van der Waals surface area contributed by atoms with Gasteiger partial charge in [0.15, 0.2) is 11.5 Å². The SMILES string of the molecule is Cc1cc(C)c(S(=O)(=O)N(Cc2ccc3c(c2)OCO3)Cc2cc3cc(C)ccc3[nH]c2=O)c(C)c1. The molecule has 1 aromatic heterocycles. The van der Waals surface area contributed by atoms with Crippen LogP contribution in [0, 0.1) is 27.7 Å². The summed E-state index contributed by atoms with van der Waals surface area (Å²) >= 11 is 0. The fourth-order valence-electron chi connectivity index (χ4n) is 4.85. The summed E-state index contributed by atoms with van der Waals surface area (Å²) < 4.78 is 40.5. The molecule has 0 spiro atoms. The molecule has 0 unspecified atom stereocenters. The number of pyridine rings is 1. The molecule has 3 aromatic carbocycles. The number of hydrogen-bond donors (Lipinski definition) is 1. The van der Waals surface area contributed by atoms with Crippen molar-refractivity contribution in [3.8, 4) is 11.5 Å². The summed E-state index contributed by atoms with van der Waals surface area (Å²) in [6, 6.07) is 16.6. The van der Waals surface area contributed by atoms with Gasteiger partial charge in [-0.25, -0.2) is 8.42 Å². The van der Waals surface area contributed by atoms with Gasteiger partial charge in [-0.15, -0.1) is 0 Å². The second-order valence-electron chi connectivity index (χ2n) is 9.40. The number of aryl methyl sites for hydroxylation is 4. The minimum absolute atomic E-state index is 0.0665. The molecule has 5 rings (SSSR count). The molecule has 0 radical (unpaired) electrons. The van der Waals surface area contributed by atoms with E-state index >= 15 is 0 Å². The molecule has 0 fully saturated rings. The van der Waals surface area contributed by atoms with Crippen LogP contribution in [0.5, 0.6) is 11.5 Å². The number of H-pyrrole nitrogens is 1. The molecule has 0 aliphatic carbocycles. The molecule has 1 N–H and O–H groups in total. The van der Waals surface area contributed by atoms with Crippen LogP contribution in [0.2, 0.25) is 0 Å². The first-order valence-electron chi connectivity index (χ1n) is 11.7. The van der Waals surface area contributed by atoms with Crippen molar-refractivity contribution in [3.05, 3.63) is 98.3 Å². The molecule has 2 heterocycles. The van der Waals surface area contributed by atoms with Gasteiger partial charge in [-0.05, 0) is 80.1 Å². The van der Waals surface area contributed by atoms with E-state index < -0.39 is 10.0 Å². The normalized spacial score (nSPS) is 13.0. The summed E-state index contributed by atoms with van der Waals surface area (Å²) in [5, 5.41) is 0.854. The van der Waals surface area contributed by atoms with Gasteiger partial charge in [0, 0.05) is 24.2 Å². The molecule has 1 aliphatic heterocycles. The van der Waals surface area contributed by atoms with E-state index in [-0.39, 0.29) is 30.3 Å². The van der Waals surface area contributed by atoms with Crippen LogP contribution in [-0.4, -0.2) is 24.5 Å². The number of nitrogens with zero attached hydrogens (tertiary/aromatic N) is 1. The third-order valence-corrected chi connectivity index (χ3v) is 8.52. The lowest BCUT2D eigenvalue weighted by Gasteiger charge is -2.25. The maximum Gasteiger partial charge on any atom is 0.252 e. The largest absolute Gasteiger partial charge is 0.454 e. The Bertz CT molecular complexity index is 1630. The number of ether oxygens (including phenoxy) is 2. The molecule has 186 valence electrons. The number of fused-ring (bicyclic) bond motifs is 2. The Hall–Kier alpha value is -3.62. The standard InChI is InChI=1S/C28H28N2O5S/c1-17-5-7-24-22(11-17)13-23(28(31)29-24)15-30(14-21-6-8-25-26(12-21)35-16-34-25)36(32,33)27-19(3)9-18(2)10-20(27)4/h5-13H,14-16H2,1-4H3,(H,29,31). The van der Waals surface area contributed by atoms with Gasteiger partial charge in [-0.3, -0.25) is 4.79 Å². The number of benzene rings is 3. The number of hydrogen-bond acceptors (Lipinski definition) is 5. The lowest BCUT2D eigenvalue weighted by atomic mass is 10.1. The Morgan fingerprint density at radius 3 is 2.31 bits per heavy atom. The van der Waals surface area contributed by atoms with Crippen molar-refractivity contribution in [2.45, 2.75) is 45.7 Å². The minimum Gasteiger partial charge on any atom is -0.454 e. The number of aromatic amines is 1. The third kappa shape index (κ3) is 4.50. The molecular formula is C28H28N2O5S. The number of rotatable bonds is 6. The first-order chi connectivity index (χ1) is 17.1. The van der Waals surface area contributed by atoms with Gasteiger partial charge in [0.2, 0.25) is 16.8 Å². The topological polar surface area (TPSA) is 88.7 Å². The Morgan fingerprint density at radius 2 is 1.56 bits per heavy atom. The molecule has 0 atom stereocenters. The van der Waals surface area contributed by atoms with Gasteiger partial charge < -0.3 is 14.5 Å². The highest BCUT2D eigenvalue weighted by Crippen LogP contribution is 2.34. The van der Waals surface area contributed by atoms with Crippen LogP contribution in [0.15, 0.2) is 64.3 Å². The van der Waals surface area contributed by atoms with Crippen molar-refractivity contribution < 1.29 is 17.9 Å².